The Bertz CT molecular complexity index is 581. The topological polar surface area (TPSA) is 27.1 Å². The van der Waals surface area contributed by atoms with Gasteiger partial charge >= 0.3 is 0 Å². The average Bonchev–Trinajstić information content (AvgIpc) is 2.96. The van der Waals surface area contributed by atoms with Crippen LogP contribution in [0.2, 0.25) is 0 Å². The highest BCUT2D eigenvalue weighted by molar-refractivity contribution is 9.10. The third kappa shape index (κ3) is 4.24. The van der Waals surface area contributed by atoms with Gasteiger partial charge in [-0.15, -0.1) is 11.6 Å². The minimum atomic E-state index is 0.464. The van der Waals surface area contributed by atoms with Gasteiger partial charge in [-0.2, -0.15) is 5.10 Å². The fourth-order valence-electron chi connectivity index (χ4n) is 2.22. The lowest BCUT2D eigenvalue weighted by Gasteiger charge is -2.12. The second kappa shape index (κ2) is 7.85. The van der Waals surface area contributed by atoms with Crippen LogP contribution in [-0.4, -0.2) is 9.78 Å². The number of nitrogens with zero attached hydrogens (tertiary/aromatic N) is 2. The molecule has 1 aromatic heterocycles. The summed E-state index contributed by atoms with van der Waals surface area (Å²) in [7, 11) is 0. The summed E-state index contributed by atoms with van der Waals surface area (Å²) in [4.78, 5) is 0. The minimum absolute atomic E-state index is 0.464. The van der Waals surface area contributed by atoms with E-state index in [1.807, 2.05) is 35.1 Å². The molecule has 0 atom stereocenters. The SMILES string of the molecule is CCC(CC)n1ccc(COc2ccc(CCl)cc2Br)n1. The molecule has 2 aromatic rings. The maximum atomic E-state index is 5.82. The van der Waals surface area contributed by atoms with E-state index in [0.717, 1.165) is 34.3 Å². The Morgan fingerprint density at radius 1 is 1.29 bits per heavy atom. The summed E-state index contributed by atoms with van der Waals surface area (Å²) in [5.74, 6) is 1.31. The van der Waals surface area contributed by atoms with Gasteiger partial charge < -0.3 is 4.74 Å². The van der Waals surface area contributed by atoms with Crippen molar-refractivity contribution in [2.45, 2.75) is 45.2 Å². The molecule has 114 valence electrons. The smallest absolute Gasteiger partial charge is 0.134 e. The van der Waals surface area contributed by atoms with Gasteiger partial charge in [-0.3, -0.25) is 4.68 Å². The van der Waals surface area contributed by atoms with Crippen molar-refractivity contribution in [3.63, 3.8) is 0 Å². The van der Waals surface area contributed by atoms with E-state index in [9.17, 15) is 0 Å². The molecule has 2 rings (SSSR count). The zero-order chi connectivity index (χ0) is 15.2. The van der Waals surface area contributed by atoms with E-state index in [4.69, 9.17) is 16.3 Å². The summed E-state index contributed by atoms with van der Waals surface area (Å²) in [6.07, 6.45) is 4.20. The molecule has 0 unspecified atom stereocenters. The van der Waals surface area contributed by atoms with Crippen molar-refractivity contribution < 1.29 is 4.74 Å². The van der Waals surface area contributed by atoms with Crippen LogP contribution in [0.25, 0.3) is 0 Å². The standard InChI is InChI=1S/C16H20BrClN2O/c1-3-14(4-2)20-8-7-13(19-20)11-21-16-6-5-12(10-18)9-15(16)17/h5-9,14H,3-4,10-11H2,1-2H3. The van der Waals surface area contributed by atoms with Gasteiger partial charge in [0.1, 0.15) is 12.4 Å². The predicted octanol–water partition coefficient (Wildman–Crippen LogP) is 5.32. The van der Waals surface area contributed by atoms with Gasteiger partial charge in [-0.1, -0.05) is 19.9 Å². The first-order valence-corrected chi connectivity index (χ1v) is 8.51. The summed E-state index contributed by atoms with van der Waals surface area (Å²) < 4.78 is 8.77. The highest BCUT2D eigenvalue weighted by atomic mass is 79.9. The van der Waals surface area contributed by atoms with Crippen molar-refractivity contribution in [3.8, 4) is 5.75 Å². The molecule has 0 amide bonds. The summed E-state index contributed by atoms with van der Waals surface area (Å²) >= 11 is 9.31. The predicted molar refractivity (Wildman–Crippen MR) is 89.9 cm³/mol. The van der Waals surface area contributed by atoms with Gasteiger partial charge in [0.15, 0.2) is 0 Å². The molecule has 0 fully saturated rings. The molecular formula is C16H20BrClN2O. The van der Waals surface area contributed by atoms with Crippen LogP contribution in [-0.2, 0) is 12.5 Å². The van der Waals surface area contributed by atoms with Gasteiger partial charge in [-0.05, 0) is 52.5 Å². The molecule has 0 saturated carbocycles. The van der Waals surface area contributed by atoms with Crippen LogP contribution in [0.4, 0.5) is 0 Å². The molecule has 0 bridgehead atoms. The monoisotopic (exact) mass is 370 g/mol. The Morgan fingerprint density at radius 3 is 2.67 bits per heavy atom. The number of benzene rings is 1. The first-order valence-electron chi connectivity index (χ1n) is 7.19. The first kappa shape index (κ1) is 16.4. The van der Waals surface area contributed by atoms with Crippen LogP contribution in [0.3, 0.4) is 0 Å². The molecule has 0 N–H and O–H groups in total. The van der Waals surface area contributed by atoms with E-state index in [-0.39, 0.29) is 0 Å². The molecule has 0 radical (unpaired) electrons. The Labute approximate surface area is 139 Å². The second-order valence-electron chi connectivity index (χ2n) is 4.94. The number of rotatable bonds is 7. The van der Waals surface area contributed by atoms with Gasteiger partial charge in [0.25, 0.3) is 0 Å². The zero-order valence-electron chi connectivity index (χ0n) is 12.4. The molecule has 1 heterocycles. The lowest BCUT2D eigenvalue weighted by Crippen LogP contribution is -2.08. The molecule has 5 heteroatoms. The Morgan fingerprint density at radius 2 is 2.05 bits per heavy atom. The number of hydrogen-bond donors (Lipinski definition) is 0. The third-order valence-electron chi connectivity index (χ3n) is 3.51. The van der Waals surface area contributed by atoms with Crippen LogP contribution >= 0.6 is 27.5 Å². The summed E-state index contributed by atoms with van der Waals surface area (Å²) in [5, 5.41) is 4.59. The van der Waals surface area contributed by atoms with Gasteiger partial charge in [0, 0.05) is 12.1 Å². The number of hydrogen-bond acceptors (Lipinski definition) is 2. The van der Waals surface area contributed by atoms with Crippen LogP contribution in [0.1, 0.15) is 44.0 Å². The van der Waals surface area contributed by atoms with Crippen molar-refractivity contribution in [3.05, 3.63) is 46.2 Å². The minimum Gasteiger partial charge on any atom is -0.486 e. The van der Waals surface area contributed by atoms with E-state index in [2.05, 4.69) is 34.9 Å². The van der Waals surface area contributed by atoms with Crippen LogP contribution < -0.4 is 4.74 Å². The Hall–Kier alpha value is -1.000. The van der Waals surface area contributed by atoms with Crippen LogP contribution in [0.5, 0.6) is 5.75 Å². The average molecular weight is 372 g/mol. The lowest BCUT2D eigenvalue weighted by atomic mass is 10.2. The third-order valence-corrected chi connectivity index (χ3v) is 4.43. The highest BCUT2D eigenvalue weighted by Gasteiger charge is 2.09. The van der Waals surface area contributed by atoms with Crippen molar-refractivity contribution in [1.82, 2.24) is 9.78 Å². The van der Waals surface area contributed by atoms with Gasteiger partial charge in [0.05, 0.1) is 16.2 Å². The molecule has 3 nitrogen and oxygen atoms in total. The van der Waals surface area contributed by atoms with Crippen LogP contribution in [0.15, 0.2) is 34.9 Å². The van der Waals surface area contributed by atoms with Crippen molar-refractivity contribution in [1.29, 1.82) is 0 Å². The first-order chi connectivity index (χ1) is 10.2. The molecule has 0 aliphatic heterocycles. The number of halogens is 2. The fourth-order valence-corrected chi connectivity index (χ4v) is 2.92. The Balaban J connectivity index is 2.00. The van der Waals surface area contributed by atoms with E-state index >= 15 is 0 Å². The maximum Gasteiger partial charge on any atom is 0.134 e. The van der Waals surface area contributed by atoms with Crippen LogP contribution in [0, 0.1) is 0 Å². The zero-order valence-corrected chi connectivity index (χ0v) is 14.7. The summed E-state index contributed by atoms with van der Waals surface area (Å²) in [6, 6.07) is 8.36. The summed E-state index contributed by atoms with van der Waals surface area (Å²) in [5.41, 5.74) is 2.00. The molecule has 21 heavy (non-hydrogen) atoms. The number of alkyl halides is 1. The molecule has 0 spiro atoms. The lowest BCUT2D eigenvalue weighted by molar-refractivity contribution is 0.295. The highest BCUT2D eigenvalue weighted by Crippen LogP contribution is 2.27. The van der Waals surface area contributed by atoms with Crippen molar-refractivity contribution in [2.75, 3.05) is 0 Å². The van der Waals surface area contributed by atoms with E-state index in [1.54, 1.807) is 0 Å². The van der Waals surface area contributed by atoms with Crippen molar-refractivity contribution in [2.24, 2.45) is 0 Å². The fraction of sp³-hybridized carbons (Fsp3) is 0.438. The molecule has 0 saturated heterocycles. The molecular weight excluding hydrogens is 352 g/mol. The van der Waals surface area contributed by atoms with E-state index in [1.165, 1.54) is 0 Å². The van der Waals surface area contributed by atoms with Crippen molar-refractivity contribution >= 4 is 27.5 Å². The molecule has 0 aliphatic carbocycles. The largest absolute Gasteiger partial charge is 0.486 e. The van der Waals surface area contributed by atoms with Gasteiger partial charge in [0.2, 0.25) is 0 Å². The quantitative estimate of drug-likeness (QED) is 0.615. The van der Waals surface area contributed by atoms with Gasteiger partial charge in [-0.25, -0.2) is 0 Å². The molecule has 1 aromatic carbocycles. The normalized spacial score (nSPS) is 11.1. The summed E-state index contributed by atoms with van der Waals surface area (Å²) in [6.45, 7) is 4.83. The Kier molecular flexibility index (Phi) is 6.12. The number of ether oxygens (including phenoxy) is 1. The van der Waals surface area contributed by atoms with E-state index < -0.39 is 0 Å². The number of aromatic nitrogens is 2. The second-order valence-corrected chi connectivity index (χ2v) is 6.07. The molecule has 0 aliphatic rings. The maximum absolute atomic E-state index is 5.82. The van der Waals surface area contributed by atoms with E-state index in [0.29, 0.717) is 18.5 Å².